The summed E-state index contributed by atoms with van der Waals surface area (Å²) in [4.78, 5) is 94.5. The maximum absolute atomic E-state index is 14.0. The van der Waals surface area contributed by atoms with Crippen molar-refractivity contribution in [3.05, 3.63) is 117 Å². The fraction of sp³-hybridized carbons (Fsp3) is 0.474. The third-order valence-corrected chi connectivity index (χ3v) is 15.7. The molecule has 1 aromatic carbocycles. The first-order valence-electron chi connectivity index (χ1n) is 26.9. The van der Waals surface area contributed by atoms with Crippen LogP contribution in [0.4, 0.5) is 27.8 Å². The number of hydrogen-bond donors (Lipinski definition) is 4. The van der Waals surface area contributed by atoms with Crippen LogP contribution in [-0.4, -0.2) is 122 Å². The van der Waals surface area contributed by atoms with Gasteiger partial charge in [0, 0.05) is 113 Å². The lowest BCUT2D eigenvalue weighted by atomic mass is 9.90. The highest BCUT2D eigenvalue weighted by Gasteiger charge is 2.41. The van der Waals surface area contributed by atoms with E-state index < -0.39 is 11.9 Å². The number of anilines is 4. The van der Waals surface area contributed by atoms with E-state index in [0.717, 1.165) is 68.2 Å². The minimum Gasteiger partial charge on any atom is -0.392 e. The number of nitrogens with zero attached hydrogens (tertiary/aromatic N) is 8. The number of ether oxygens (including phenoxy) is 1. The molecular weight excluding hydrogens is 967 g/mol. The molecule has 4 aromatic heterocycles. The summed E-state index contributed by atoms with van der Waals surface area (Å²) < 4.78 is 9.57. The Kier molecular flexibility index (Phi) is 15.1. The number of aromatic nitrogens is 4. The van der Waals surface area contributed by atoms with Crippen LogP contribution in [0.15, 0.2) is 71.9 Å². The van der Waals surface area contributed by atoms with Crippen LogP contribution in [0.25, 0.3) is 11.1 Å². The normalized spacial score (nSPS) is 19.0. The van der Waals surface area contributed by atoms with Gasteiger partial charge in [0.25, 0.3) is 17.4 Å². The molecule has 4 aliphatic heterocycles. The van der Waals surface area contributed by atoms with Gasteiger partial charge in [-0.25, -0.2) is 14.8 Å². The molecule has 6 amide bonds. The van der Waals surface area contributed by atoms with Gasteiger partial charge in [-0.2, -0.15) is 0 Å². The van der Waals surface area contributed by atoms with Crippen molar-refractivity contribution in [1.29, 1.82) is 0 Å². The second-order valence-electron chi connectivity index (χ2n) is 21.7. The van der Waals surface area contributed by atoms with Gasteiger partial charge < -0.3 is 44.3 Å². The molecule has 10 rings (SSSR count). The van der Waals surface area contributed by atoms with Crippen LogP contribution < -0.4 is 31.3 Å². The molecule has 19 nitrogen and oxygen atoms in total. The average Bonchev–Trinajstić information content (AvgIpc) is 4.03. The molecule has 2 atom stereocenters. The second kappa shape index (κ2) is 22.1. The molecule has 0 bridgehead atoms. The third-order valence-electron chi connectivity index (χ3n) is 15.7. The first-order valence-corrected chi connectivity index (χ1v) is 26.9. The lowest BCUT2D eigenvalue weighted by molar-refractivity contribution is -0.136. The van der Waals surface area contributed by atoms with Gasteiger partial charge in [0.05, 0.1) is 18.5 Å². The van der Waals surface area contributed by atoms with E-state index in [1.54, 1.807) is 47.6 Å². The summed E-state index contributed by atoms with van der Waals surface area (Å²) >= 11 is 0. The number of nitrogens with one attached hydrogen (secondary N) is 3. The Morgan fingerprint density at radius 2 is 1.72 bits per heavy atom. The van der Waals surface area contributed by atoms with E-state index in [2.05, 4.69) is 56.2 Å². The number of aryl methyl sites for hydroxylation is 2. The van der Waals surface area contributed by atoms with Gasteiger partial charge in [-0.15, -0.1) is 0 Å². The van der Waals surface area contributed by atoms with Gasteiger partial charge >= 0.3 is 6.03 Å². The van der Waals surface area contributed by atoms with Crippen molar-refractivity contribution in [2.24, 2.45) is 12.5 Å². The summed E-state index contributed by atoms with van der Waals surface area (Å²) in [6, 6.07) is 14.4. The van der Waals surface area contributed by atoms with E-state index in [9.17, 15) is 33.9 Å². The second-order valence-corrected chi connectivity index (χ2v) is 21.7. The van der Waals surface area contributed by atoms with Crippen molar-refractivity contribution >= 4 is 52.7 Å². The van der Waals surface area contributed by atoms with Gasteiger partial charge in [0.2, 0.25) is 11.8 Å². The summed E-state index contributed by atoms with van der Waals surface area (Å²) in [6.45, 7) is 11.3. The van der Waals surface area contributed by atoms with Crippen LogP contribution in [0.1, 0.15) is 115 Å². The molecular formula is C57H69N11O8. The zero-order chi connectivity index (χ0) is 53.3. The number of urea groups is 1. The zero-order valence-electron chi connectivity index (χ0n) is 44.0. The third kappa shape index (κ3) is 10.7. The number of aliphatic hydroxyl groups is 1. The SMILES string of the molecule is C[C@@H]1CN(C(=O)NCCCCCCOCCCc2cccc3c2CN(C2CCC(=O)NC2=O)C3=O)CCN1c1ccc(Nc2cc(-c3ccnc(N4CCn5c(cc6c5CC(C)(C)C6)C4=O)c3CO)cn(C)c2=O)nc1. The Balaban J connectivity index is 0.643. The van der Waals surface area contributed by atoms with Crippen molar-refractivity contribution in [2.75, 3.05) is 61.1 Å². The molecule has 2 fully saturated rings. The number of hydrogen-bond acceptors (Lipinski definition) is 12. The highest BCUT2D eigenvalue weighted by Crippen LogP contribution is 2.40. The highest BCUT2D eigenvalue weighted by atomic mass is 16.5. The highest BCUT2D eigenvalue weighted by molar-refractivity contribution is 6.07. The number of aliphatic hydroxyl groups excluding tert-OH is 1. The minimum atomic E-state index is -0.623. The van der Waals surface area contributed by atoms with Crippen LogP contribution in [-0.2, 0) is 60.3 Å². The molecule has 19 heteroatoms. The number of unbranched alkanes of at least 4 members (excludes halogenated alkanes) is 3. The number of benzene rings is 1. The first-order chi connectivity index (χ1) is 36.7. The van der Waals surface area contributed by atoms with Crippen LogP contribution in [0.2, 0.25) is 0 Å². The number of carbonyl (C=O) groups is 5. The van der Waals surface area contributed by atoms with Crippen molar-refractivity contribution < 1.29 is 33.8 Å². The Morgan fingerprint density at radius 1 is 0.895 bits per heavy atom. The summed E-state index contributed by atoms with van der Waals surface area (Å²) in [5.41, 5.74) is 8.76. The molecule has 1 aliphatic carbocycles. The number of amides is 6. The number of imide groups is 1. The van der Waals surface area contributed by atoms with Crippen molar-refractivity contribution in [3.8, 4) is 11.1 Å². The van der Waals surface area contributed by atoms with Crippen LogP contribution >= 0.6 is 0 Å². The average molecular weight is 1040 g/mol. The number of rotatable bonds is 18. The minimum absolute atomic E-state index is 0.0435. The zero-order valence-corrected chi connectivity index (χ0v) is 44.0. The maximum Gasteiger partial charge on any atom is 0.317 e. The first kappa shape index (κ1) is 52.1. The fourth-order valence-corrected chi connectivity index (χ4v) is 11.8. The predicted molar refractivity (Wildman–Crippen MR) is 288 cm³/mol. The number of piperazine rings is 1. The van der Waals surface area contributed by atoms with Gasteiger partial charge in [-0.1, -0.05) is 38.8 Å². The molecule has 1 unspecified atom stereocenters. The van der Waals surface area contributed by atoms with Crippen molar-refractivity contribution in [1.82, 2.24) is 39.5 Å². The van der Waals surface area contributed by atoms with Gasteiger partial charge in [0.1, 0.15) is 29.1 Å². The molecule has 400 valence electrons. The van der Waals surface area contributed by atoms with E-state index in [1.165, 1.54) is 15.8 Å². The van der Waals surface area contributed by atoms with Crippen molar-refractivity contribution in [3.63, 3.8) is 0 Å². The van der Waals surface area contributed by atoms with Gasteiger partial charge in [-0.05, 0) is 116 Å². The Hall–Kier alpha value is -7.38. The summed E-state index contributed by atoms with van der Waals surface area (Å²) in [5, 5.41) is 19.5. The van der Waals surface area contributed by atoms with Crippen LogP contribution in [0, 0.1) is 5.41 Å². The topological polar surface area (TPSA) is 217 Å². The standard InChI is InChI=1S/C57H69N11O8/c1-36-32-64(56(75)59-19-7-5-6-8-25-76-26-10-12-37-11-9-13-42-43(37)34-68(53(42)72)46-15-17-50(70)62-52(46)71)21-22-65(36)40-14-16-49(60-31-40)61-45-27-39(33-63(4)54(45)73)41-18-20-58-51(44(41)35-69)67-24-23-66-47(55(67)74)28-38-29-57(2,3)30-48(38)66/h9,11,13-14,16,18,20,27-28,31,33,36,46,69H,5-8,10,12,15,17,19,21-26,29-30,32,34-35H2,1-4H3,(H,59,75)(H,60,61)(H,62,70,71)/t36-,46?/m1/s1. The van der Waals surface area contributed by atoms with E-state index in [0.29, 0.717) is 111 Å². The molecule has 0 spiro atoms. The van der Waals surface area contributed by atoms with E-state index in [1.807, 2.05) is 41.3 Å². The number of pyridine rings is 3. The Labute approximate surface area is 442 Å². The number of carbonyl (C=O) groups excluding carboxylic acids is 5. The number of piperidine rings is 1. The van der Waals surface area contributed by atoms with Crippen LogP contribution in [0.5, 0.6) is 0 Å². The van der Waals surface area contributed by atoms with E-state index in [-0.39, 0.29) is 53.8 Å². The fourth-order valence-electron chi connectivity index (χ4n) is 11.8. The predicted octanol–water partition coefficient (Wildman–Crippen LogP) is 5.86. The molecule has 5 aliphatic rings. The van der Waals surface area contributed by atoms with E-state index >= 15 is 0 Å². The molecule has 4 N–H and O–H groups in total. The molecule has 8 heterocycles. The maximum atomic E-state index is 14.0. The lowest BCUT2D eigenvalue weighted by Crippen LogP contribution is -2.56. The Bertz CT molecular complexity index is 3110. The molecule has 0 radical (unpaired) electrons. The molecule has 2 saturated heterocycles. The van der Waals surface area contributed by atoms with Gasteiger partial charge in [-0.3, -0.25) is 34.2 Å². The van der Waals surface area contributed by atoms with Crippen molar-refractivity contribution in [2.45, 2.75) is 117 Å². The summed E-state index contributed by atoms with van der Waals surface area (Å²) in [6.07, 6.45) is 12.9. The lowest BCUT2D eigenvalue weighted by Gasteiger charge is -2.41. The smallest absolute Gasteiger partial charge is 0.317 e. The summed E-state index contributed by atoms with van der Waals surface area (Å²) in [5.74, 6) is -0.108. The molecule has 0 saturated carbocycles. The van der Waals surface area contributed by atoms with Gasteiger partial charge in [0.15, 0.2) is 0 Å². The monoisotopic (exact) mass is 1040 g/mol. The molecule has 5 aromatic rings. The largest absolute Gasteiger partial charge is 0.392 e. The Morgan fingerprint density at radius 3 is 2.51 bits per heavy atom. The summed E-state index contributed by atoms with van der Waals surface area (Å²) in [7, 11) is 1.68. The van der Waals surface area contributed by atoms with E-state index in [4.69, 9.17) is 4.74 Å². The quantitative estimate of drug-likeness (QED) is 0.0600. The number of fused-ring (bicyclic) bond motifs is 4. The molecule has 76 heavy (non-hydrogen) atoms. The van der Waals surface area contributed by atoms with Crippen LogP contribution in [0.3, 0.4) is 0 Å².